The van der Waals surface area contributed by atoms with E-state index in [0.29, 0.717) is 11.5 Å². The van der Waals surface area contributed by atoms with Gasteiger partial charge in [-0.3, -0.25) is 9.89 Å². The van der Waals surface area contributed by atoms with Gasteiger partial charge in [-0.2, -0.15) is 5.10 Å². The molecule has 1 unspecified atom stereocenters. The van der Waals surface area contributed by atoms with Crippen molar-refractivity contribution in [2.24, 2.45) is 7.05 Å². The summed E-state index contributed by atoms with van der Waals surface area (Å²) < 4.78 is 7.85. The molecule has 1 aliphatic rings. The molecule has 0 radical (unpaired) electrons. The second kappa shape index (κ2) is 5.73. The molecule has 0 aliphatic carbocycles. The number of fused-ring (bicyclic) bond motifs is 2. The number of H-pyrrole nitrogens is 1. The van der Waals surface area contributed by atoms with Crippen molar-refractivity contribution in [2.45, 2.75) is 22.6 Å². The lowest BCUT2D eigenvalue weighted by Gasteiger charge is -2.24. The van der Waals surface area contributed by atoms with Gasteiger partial charge in [0.15, 0.2) is 10.2 Å². The van der Waals surface area contributed by atoms with Crippen LogP contribution in [0, 0.1) is 0 Å². The Hall–Kier alpha value is -3.07. The number of carbonyl (C=O) groups is 1. The van der Waals surface area contributed by atoms with Crippen LogP contribution >= 0.6 is 11.8 Å². The molecule has 1 amide bonds. The van der Waals surface area contributed by atoms with Crippen LogP contribution in [0.25, 0.3) is 10.9 Å². The number of nitrogens with zero attached hydrogens (tertiary/aromatic N) is 4. The summed E-state index contributed by atoms with van der Waals surface area (Å²) in [4.78, 5) is 12.2. The highest BCUT2D eigenvalue weighted by molar-refractivity contribution is 7.99. The normalized spacial score (nSPS) is 16.7. The van der Waals surface area contributed by atoms with Gasteiger partial charge in [-0.15, -0.1) is 10.2 Å². The van der Waals surface area contributed by atoms with Gasteiger partial charge in [0.2, 0.25) is 5.91 Å². The number of hydrogen-bond acceptors (Lipinski definition) is 6. The van der Waals surface area contributed by atoms with Gasteiger partial charge in [0.1, 0.15) is 12.1 Å². The predicted molar refractivity (Wildman–Crippen MR) is 95.0 cm³/mol. The van der Waals surface area contributed by atoms with Gasteiger partial charge < -0.3 is 14.3 Å². The molecule has 0 bridgehead atoms. The number of nitrogens with one attached hydrogen (secondary N) is 2. The molecule has 26 heavy (non-hydrogen) atoms. The van der Waals surface area contributed by atoms with E-state index in [1.807, 2.05) is 29.8 Å². The van der Waals surface area contributed by atoms with Gasteiger partial charge in [-0.25, -0.2) is 0 Å². The zero-order valence-electron chi connectivity index (χ0n) is 13.8. The fourth-order valence-corrected chi connectivity index (χ4v) is 3.92. The number of aromatic amines is 1. The first kappa shape index (κ1) is 15.2. The lowest BCUT2D eigenvalue weighted by Crippen LogP contribution is -2.23. The molecule has 3 aromatic heterocycles. The van der Waals surface area contributed by atoms with Gasteiger partial charge in [-0.1, -0.05) is 0 Å². The minimum absolute atomic E-state index is 0.0275. The highest BCUT2D eigenvalue weighted by Gasteiger charge is 2.29. The third-order valence-corrected chi connectivity index (χ3v) is 5.43. The Balaban J connectivity index is 1.52. The van der Waals surface area contributed by atoms with Gasteiger partial charge in [0.05, 0.1) is 17.6 Å². The predicted octanol–water partition coefficient (Wildman–Crippen LogP) is 2.91. The minimum atomic E-state index is -0.133. The van der Waals surface area contributed by atoms with Crippen LogP contribution in [0.15, 0.2) is 51.5 Å². The summed E-state index contributed by atoms with van der Waals surface area (Å²) >= 11 is 1.40. The number of rotatable bonds is 3. The number of amides is 1. The van der Waals surface area contributed by atoms with Crippen LogP contribution in [-0.2, 0) is 11.8 Å². The van der Waals surface area contributed by atoms with Crippen LogP contribution < -0.4 is 5.32 Å². The average Bonchev–Trinajstić information content (AvgIpc) is 3.34. The van der Waals surface area contributed by atoms with Crippen molar-refractivity contribution in [1.82, 2.24) is 25.0 Å². The lowest BCUT2D eigenvalue weighted by molar-refractivity contribution is -0.116. The summed E-state index contributed by atoms with van der Waals surface area (Å²) in [6, 6.07) is 7.79. The number of aryl methyl sites for hydroxylation is 1. The molecule has 0 fully saturated rings. The van der Waals surface area contributed by atoms with Gasteiger partial charge >= 0.3 is 0 Å². The Kier molecular flexibility index (Phi) is 3.35. The van der Waals surface area contributed by atoms with E-state index in [-0.39, 0.29) is 11.8 Å². The quantitative estimate of drug-likeness (QED) is 0.578. The maximum atomic E-state index is 12.2. The van der Waals surface area contributed by atoms with Crippen molar-refractivity contribution in [2.75, 3.05) is 5.32 Å². The van der Waals surface area contributed by atoms with Crippen LogP contribution in [0.2, 0.25) is 0 Å². The lowest BCUT2D eigenvalue weighted by atomic mass is 9.88. The van der Waals surface area contributed by atoms with Gasteiger partial charge in [-0.05, 0) is 41.6 Å². The van der Waals surface area contributed by atoms with Gasteiger partial charge in [0, 0.05) is 24.5 Å². The fourth-order valence-electron chi connectivity index (χ4n) is 3.19. The highest BCUT2D eigenvalue weighted by atomic mass is 32.2. The molecule has 2 N–H and O–H groups in total. The monoisotopic (exact) mass is 366 g/mol. The summed E-state index contributed by atoms with van der Waals surface area (Å²) in [7, 11) is 1.88. The van der Waals surface area contributed by atoms with E-state index in [1.165, 1.54) is 11.8 Å². The average molecular weight is 366 g/mol. The van der Waals surface area contributed by atoms with Crippen LogP contribution in [0.4, 0.5) is 5.69 Å². The van der Waals surface area contributed by atoms with E-state index in [1.54, 1.807) is 12.5 Å². The molecule has 130 valence electrons. The zero-order valence-corrected chi connectivity index (χ0v) is 14.6. The molecule has 0 saturated heterocycles. The first-order valence-corrected chi connectivity index (χ1v) is 8.87. The second-order valence-corrected chi connectivity index (χ2v) is 7.16. The molecule has 8 nitrogen and oxygen atoms in total. The number of carbonyl (C=O) groups excluding carboxylic acids is 1. The number of furan rings is 1. The van der Waals surface area contributed by atoms with Crippen LogP contribution in [0.3, 0.4) is 0 Å². The van der Waals surface area contributed by atoms with Crippen LogP contribution in [-0.4, -0.2) is 30.9 Å². The number of aromatic nitrogens is 5. The first-order valence-electron chi connectivity index (χ1n) is 8.06. The molecule has 1 aliphatic heterocycles. The number of anilines is 1. The molecule has 0 saturated carbocycles. The van der Waals surface area contributed by atoms with Crippen molar-refractivity contribution in [3.8, 4) is 0 Å². The molecule has 4 heterocycles. The summed E-state index contributed by atoms with van der Waals surface area (Å²) in [5.41, 5.74) is 2.72. The summed E-state index contributed by atoms with van der Waals surface area (Å²) in [6.45, 7) is 0. The smallest absolute Gasteiger partial charge is 0.225 e. The number of benzene rings is 1. The van der Waals surface area contributed by atoms with Crippen LogP contribution in [0.1, 0.15) is 23.7 Å². The number of hydrogen-bond donors (Lipinski definition) is 2. The van der Waals surface area contributed by atoms with Gasteiger partial charge in [0.25, 0.3) is 0 Å². The van der Waals surface area contributed by atoms with Crippen molar-refractivity contribution >= 4 is 34.3 Å². The highest BCUT2D eigenvalue weighted by Crippen LogP contribution is 2.41. The summed E-state index contributed by atoms with van der Waals surface area (Å²) in [5, 5.41) is 20.3. The summed E-state index contributed by atoms with van der Waals surface area (Å²) in [5.74, 6) is 0.598. The standard InChI is InChI=1S/C17H14N6O2S/c1-23-8-19-22-17(23)26-16-3-2-14(25-16)11-5-15(24)20-13-6-12-9(4-10(11)13)7-18-21-12/h2-4,6-8,11H,5H2,1H3,(H,18,21)(H,20,24). The Bertz CT molecular complexity index is 1130. The van der Waals surface area contributed by atoms with E-state index in [0.717, 1.165) is 33.1 Å². The van der Waals surface area contributed by atoms with E-state index in [9.17, 15) is 4.79 Å². The van der Waals surface area contributed by atoms with E-state index in [4.69, 9.17) is 4.42 Å². The Morgan fingerprint density at radius 2 is 2.27 bits per heavy atom. The third-order valence-electron chi connectivity index (χ3n) is 4.46. The van der Waals surface area contributed by atoms with Crippen molar-refractivity contribution in [3.63, 3.8) is 0 Å². The Morgan fingerprint density at radius 3 is 3.12 bits per heavy atom. The molecule has 1 atom stereocenters. The zero-order chi connectivity index (χ0) is 17.7. The molecule has 5 rings (SSSR count). The largest absolute Gasteiger partial charge is 0.454 e. The fraction of sp³-hybridized carbons (Fsp3) is 0.176. The minimum Gasteiger partial charge on any atom is -0.454 e. The molecular formula is C17H14N6O2S. The maximum Gasteiger partial charge on any atom is 0.225 e. The Morgan fingerprint density at radius 1 is 1.35 bits per heavy atom. The topological polar surface area (TPSA) is 102 Å². The second-order valence-electron chi connectivity index (χ2n) is 6.18. The first-order chi connectivity index (χ1) is 12.7. The third kappa shape index (κ3) is 2.48. The molecule has 4 aromatic rings. The van der Waals surface area contributed by atoms with E-state index < -0.39 is 0 Å². The van der Waals surface area contributed by atoms with E-state index in [2.05, 4.69) is 31.8 Å². The van der Waals surface area contributed by atoms with Crippen molar-refractivity contribution < 1.29 is 9.21 Å². The summed E-state index contributed by atoms with van der Waals surface area (Å²) in [6.07, 6.45) is 3.77. The van der Waals surface area contributed by atoms with Crippen molar-refractivity contribution in [1.29, 1.82) is 0 Å². The molecule has 1 aromatic carbocycles. The van der Waals surface area contributed by atoms with Crippen molar-refractivity contribution in [3.05, 3.63) is 48.1 Å². The van der Waals surface area contributed by atoms with E-state index >= 15 is 0 Å². The molecule has 9 heteroatoms. The van der Waals surface area contributed by atoms with Crippen LogP contribution in [0.5, 0.6) is 0 Å². The maximum absolute atomic E-state index is 12.2. The molecular weight excluding hydrogens is 352 g/mol. The Labute approximate surface area is 152 Å². The molecule has 0 spiro atoms. The SMILES string of the molecule is Cn1cnnc1Sc1ccc(C2CC(=O)Nc3cc4[nH]ncc4cc32)o1.